The number of nitrogens with zero attached hydrogens (tertiary/aromatic N) is 3. The number of methoxy groups -OCH3 is 1. The molecule has 2 heterocycles. The molecule has 1 aromatic carbocycles. The summed E-state index contributed by atoms with van der Waals surface area (Å²) in [6.45, 7) is 8.28. The molecular formula is C20H32N4O2. The molecule has 0 spiro atoms. The van der Waals surface area contributed by atoms with Crippen molar-refractivity contribution in [3.63, 3.8) is 0 Å². The third-order valence-electron chi connectivity index (χ3n) is 5.87. The standard InChI is InChI=1S/C20H32N4O2/c1-4-15-13-18(21)19(26-3)14-17(15)20(25)24-7-5-16(6-8-24)23-11-9-22(2)10-12-23/h13-14,16H,4-12,21H2,1-3H3. The fourth-order valence-corrected chi connectivity index (χ4v) is 4.10. The van der Waals surface area contributed by atoms with Crippen LogP contribution in [0.5, 0.6) is 5.75 Å². The Labute approximate surface area is 156 Å². The van der Waals surface area contributed by atoms with Gasteiger partial charge in [0.2, 0.25) is 0 Å². The molecule has 6 heteroatoms. The number of rotatable bonds is 4. The van der Waals surface area contributed by atoms with Gasteiger partial charge >= 0.3 is 0 Å². The second-order valence-corrected chi connectivity index (χ2v) is 7.47. The van der Waals surface area contributed by atoms with Gasteiger partial charge < -0.3 is 20.3 Å². The van der Waals surface area contributed by atoms with Crippen molar-refractivity contribution >= 4 is 11.6 Å². The Balaban J connectivity index is 1.65. The van der Waals surface area contributed by atoms with Crippen LogP contribution in [0.15, 0.2) is 12.1 Å². The maximum Gasteiger partial charge on any atom is 0.254 e. The number of benzene rings is 1. The van der Waals surface area contributed by atoms with Crippen LogP contribution in [0, 0.1) is 0 Å². The third kappa shape index (κ3) is 3.96. The summed E-state index contributed by atoms with van der Waals surface area (Å²) in [5.41, 5.74) is 8.33. The van der Waals surface area contributed by atoms with E-state index in [-0.39, 0.29) is 5.91 Å². The first kappa shape index (κ1) is 19.0. The highest BCUT2D eigenvalue weighted by Crippen LogP contribution is 2.28. The van der Waals surface area contributed by atoms with Crippen LogP contribution in [0.4, 0.5) is 5.69 Å². The molecule has 0 aromatic heterocycles. The molecule has 1 aromatic rings. The maximum atomic E-state index is 13.1. The number of ether oxygens (including phenoxy) is 1. The molecule has 1 amide bonds. The Bertz CT molecular complexity index is 633. The van der Waals surface area contributed by atoms with Gasteiger partial charge in [-0.05, 0) is 44.0 Å². The van der Waals surface area contributed by atoms with Crippen LogP contribution in [-0.2, 0) is 6.42 Å². The molecule has 2 saturated heterocycles. The number of aryl methyl sites for hydroxylation is 1. The van der Waals surface area contributed by atoms with Gasteiger partial charge in [-0.3, -0.25) is 9.69 Å². The van der Waals surface area contributed by atoms with E-state index in [1.54, 1.807) is 7.11 Å². The minimum atomic E-state index is 0.108. The van der Waals surface area contributed by atoms with E-state index in [1.807, 2.05) is 17.0 Å². The molecule has 2 N–H and O–H groups in total. The lowest BCUT2D eigenvalue weighted by Gasteiger charge is -2.42. The second kappa shape index (κ2) is 8.27. The lowest BCUT2D eigenvalue weighted by molar-refractivity contribution is 0.0518. The number of hydrogen-bond donors (Lipinski definition) is 1. The Morgan fingerprint density at radius 2 is 1.81 bits per heavy atom. The zero-order valence-corrected chi connectivity index (χ0v) is 16.3. The molecule has 6 nitrogen and oxygen atoms in total. The molecule has 2 aliphatic heterocycles. The topological polar surface area (TPSA) is 62.0 Å². The van der Waals surface area contributed by atoms with Crippen LogP contribution in [-0.4, -0.2) is 80.1 Å². The number of nitrogen functional groups attached to an aromatic ring is 1. The van der Waals surface area contributed by atoms with Gasteiger partial charge in [0.05, 0.1) is 12.8 Å². The molecule has 144 valence electrons. The number of likely N-dealkylation sites (tertiary alicyclic amines) is 1. The number of carbonyl (C=O) groups is 1. The van der Waals surface area contributed by atoms with Crippen molar-refractivity contribution in [2.75, 3.05) is 59.2 Å². The number of piperidine rings is 1. The molecule has 0 unspecified atom stereocenters. The first-order valence-electron chi connectivity index (χ1n) is 9.71. The Morgan fingerprint density at radius 1 is 1.15 bits per heavy atom. The fraction of sp³-hybridized carbons (Fsp3) is 0.650. The first-order valence-corrected chi connectivity index (χ1v) is 9.71. The lowest BCUT2D eigenvalue weighted by Crippen LogP contribution is -2.53. The highest BCUT2D eigenvalue weighted by atomic mass is 16.5. The first-order chi connectivity index (χ1) is 12.5. The summed E-state index contributed by atoms with van der Waals surface area (Å²) < 4.78 is 5.32. The van der Waals surface area contributed by atoms with Crippen LogP contribution in [0.2, 0.25) is 0 Å². The van der Waals surface area contributed by atoms with Gasteiger partial charge in [-0.2, -0.15) is 0 Å². The highest BCUT2D eigenvalue weighted by molar-refractivity contribution is 5.97. The Kier molecular flexibility index (Phi) is 6.04. The van der Waals surface area contributed by atoms with E-state index in [4.69, 9.17) is 10.5 Å². The number of amides is 1. The molecule has 3 rings (SSSR count). The van der Waals surface area contributed by atoms with Gasteiger partial charge in [-0.15, -0.1) is 0 Å². The average molecular weight is 361 g/mol. The van der Waals surface area contributed by atoms with E-state index in [2.05, 4.69) is 23.8 Å². The molecular weight excluding hydrogens is 328 g/mol. The van der Waals surface area contributed by atoms with Gasteiger partial charge in [-0.1, -0.05) is 6.92 Å². The molecule has 26 heavy (non-hydrogen) atoms. The summed E-state index contributed by atoms with van der Waals surface area (Å²) in [6.07, 6.45) is 2.90. The van der Waals surface area contributed by atoms with Gasteiger partial charge in [0, 0.05) is 50.9 Å². The zero-order chi connectivity index (χ0) is 18.7. The monoisotopic (exact) mass is 360 g/mol. The van der Waals surface area contributed by atoms with Crippen LogP contribution >= 0.6 is 0 Å². The Morgan fingerprint density at radius 3 is 2.38 bits per heavy atom. The van der Waals surface area contributed by atoms with Crippen LogP contribution in [0.25, 0.3) is 0 Å². The predicted molar refractivity (Wildman–Crippen MR) is 105 cm³/mol. The molecule has 0 bridgehead atoms. The second-order valence-electron chi connectivity index (χ2n) is 7.47. The van der Waals surface area contributed by atoms with E-state index in [1.165, 1.54) is 0 Å². The normalized spacial score (nSPS) is 20.3. The minimum Gasteiger partial charge on any atom is -0.495 e. The number of anilines is 1. The smallest absolute Gasteiger partial charge is 0.254 e. The molecule has 2 fully saturated rings. The number of carbonyl (C=O) groups excluding carboxylic acids is 1. The average Bonchev–Trinajstić information content (AvgIpc) is 2.68. The van der Waals surface area contributed by atoms with Gasteiger partial charge in [0.1, 0.15) is 5.75 Å². The van der Waals surface area contributed by atoms with Crippen molar-refractivity contribution < 1.29 is 9.53 Å². The van der Waals surface area contributed by atoms with E-state index >= 15 is 0 Å². The van der Waals surface area contributed by atoms with Gasteiger partial charge in [0.15, 0.2) is 0 Å². The van der Waals surface area contributed by atoms with Crippen molar-refractivity contribution in [2.45, 2.75) is 32.2 Å². The number of nitrogens with two attached hydrogens (primary N) is 1. The molecule has 2 aliphatic rings. The molecule has 0 aliphatic carbocycles. The fourth-order valence-electron chi connectivity index (χ4n) is 4.10. The summed E-state index contributed by atoms with van der Waals surface area (Å²) in [7, 11) is 3.78. The quantitative estimate of drug-likeness (QED) is 0.828. The van der Waals surface area contributed by atoms with Crippen molar-refractivity contribution in [1.29, 1.82) is 0 Å². The van der Waals surface area contributed by atoms with Crippen molar-refractivity contribution in [1.82, 2.24) is 14.7 Å². The molecule has 0 atom stereocenters. The summed E-state index contributed by atoms with van der Waals surface area (Å²) >= 11 is 0. The number of likely N-dealkylation sites (N-methyl/N-ethyl adjacent to an activating group) is 1. The number of hydrogen-bond acceptors (Lipinski definition) is 5. The largest absolute Gasteiger partial charge is 0.495 e. The van der Waals surface area contributed by atoms with Crippen molar-refractivity contribution in [3.8, 4) is 5.75 Å². The van der Waals surface area contributed by atoms with Crippen LogP contribution < -0.4 is 10.5 Å². The van der Waals surface area contributed by atoms with Gasteiger partial charge in [0.25, 0.3) is 5.91 Å². The maximum absolute atomic E-state index is 13.1. The summed E-state index contributed by atoms with van der Waals surface area (Å²) in [5.74, 6) is 0.690. The van der Waals surface area contributed by atoms with Crippen molar-refractivity contribution in [3.05, 3.63) is 23.3 Å². The summed E-state index contributed by atoms with van der Waals surface area (Å²) in [5, 5.41) is 0. The van der Waals surface area contributed by atoms with E-state index in [0.29, 0.717) is 17.5 Å². The predicted octanol–water partition coefficient (Wildman–Crippen LogP) is 1.69. The van der Waals surface area contributed by atoms with E-state index in [0.717, 1.165) is 69.7 Å². The summed E-state index contributed by atoms with van der Waals surface area (Å²) in [6, 6.07) is 4.30. The van der Waals surface area contributed by atoms with E-state index in [9.17, 15) is 4.79 Å². The molecule has 0 saturated carbocycles. The Hall–Kier alpha value is -1.79. The SMILES string of the molecule is CCc1cc(N)c(OC)cc1C(=O)N1CCC(N2CCN(C)CC2)CC1. The van der Waals surface area contributed by atoms with Gasteiger partial charge in [-0.25, -0.2) is 0 Å². The third-order valence-corrected chi connectivity index (χ3v) is 5.87. The van der Waals surface area contributed by atoms with E-state index < -0.39 is 0 Å². The lowest BCUT2D eigenvalue weighted by atomic mass is 9.98. The summed E-state index contributed by atoms with van der Waals surface area (Å²) in [4.78, 5) is 20.1. The number of piperazine rings is 1. The van der Waals surface area contributed by atoms with Crippen molar-refractivity contribution in [2.24, 2.45) is 0 Å². The highest BCUT2D eigenvalue weighted by Gasteiger charge is 2.29. The molecule has 0 radical (unpaired) electrons. The van der Waals surface area contributed by atoms with Crippen LogP contribution in [0.1, 0.15) is 35.7 Å². The van der Waals surface area contributed by atoms with Crippen LogP contribution in [0.3, 0.4) is 0 Å². The zero-order valence-electron chi connectivity index (χ0n) is 16.3. The minimum absolute atomic E-state index is 0.108.